The number of aryl methyl sites for hydroxylation is 1. The van der Waals surface area contributed by atoms with Crippen molar-refractivity contribution in [2.24, 2.45) is 7.05 Å². The lowest BCUT2D eigenvalue weighted by Gasteiger charge is -2.07. The fourth-order valence-electron chi connectivity index (χ4n) is 2.63. The molecule has 0 fully saturated rings. The van der Waals surface area contributed by atoms with Gasteiger partial charge in [-0.1, -0.05) is 18.2 Å². The van der Waals surface area contributed by atoms with Crippen LogP contribution in [-0.2, 0) is 12.8 Å². The van der Waals surface area contributed by atoms with Crippen molar-refractivity contribution in [3.05, 3.63) is 76.1 Å². The third kappa shape index (κ3) is 4.74. The molecular formula is C20H20FN3O2S. The molecule has 27 heavy (non-hydrogen) atoms. The van der Waals surface area contributed by atoms with Gasteiger partial charge in [0, 0.05) is 24.9 Å². The van der Waals surface area contributed by atoms with Gasteiger partial charge in [-0.3, -0.25) is 9.59 Å². The molecule has 0 bridgehead atoms. The lowest BCUT2D eigenvalue weighted by molar-refractivity contribution is 0.0954. The number of carbonyl (C=O) groups excluding carboxylic acids is 1. The van der Waals surface area contributed by atoms with Crippen molar-refractivity contribution in [2.75, 3.05) is 12.3 Å². The SMILES string of the molecule is Cn1cnc2cc(C(=O)NCCCSCc3ccccc3F)ccc2c1=O. The summed E-state index contributed by atoms with van der Waals surface area (Å²) in [6.45, 7) is 0.533. The van der Waals surface area contributed by atoms with Crippen molar-refractivity contribution >= 4 is 28.6 Å². The van der Waals surface area contributed by atoms with Gasteiger partial charge in [0.25, 0.3) is 11.5 Å². The van der Waals surface area contributed by atoms with Crippen molar-refractivity contribution in [3.63, 3.8) is 0 Å². The van der Waals surface area contributed by atoms with Crippen LogP contribution < -0.4 is 10.9 Å². The van der Waals surface area contributed by atoms with Crippen LogP contribution in [0, 0.1) is 5.82 Å². The minimum atomic E-state index is -0.196. The Balaban J connectivity index is 1.47. The molecule has 1 heterocycles. The molecule has 0 aliphatic carbocycles. The minimum Gasteiger partial charge on any atom is -0.352 e. The molecule has 3 rings (SSSR count). The number of nitrogens with one attached hydrogen (secondary N) is 1. The van der Waals surface area contributed by atoms with Crippen LogP contribution in [0.5, 0.6) is 0 Å². The van der Waals surface area contributed by atoms with E-state index in [0.29, 0.717) is 34.3 Å². The second kappa shape index (κ2) is 8.81. The zero-order valence-corrected chi connectivity index (χ0v) is 15.8. The van der Waals surface area contributed by atoms with Crippen LogP contribution in [-0.4, -0.2) is 27.8 Å². The molecule has 0 aliphatic rings. The van der Waals surface area contributed by atoms with Gasteiger partial charge < -0.3 is 9.88 Å². The second-order valence-corrected chi connectivity index (χ2v) is 7.25. The summed E-state index contributed by atoms with van der Waals surface area (Å²) in [7, 11) is 1.64. The van der Waals surface area contributed by atoms with Crippen LogP contribution in [0.3, 0.4) is 0 Å². The quantitative estimate of drug-likeness (QED) is 0.635. The van der Waals surface area contributed by atoms with Crippen molar-refractivity contribution < 1.29 is 9.18 Å². The summed E-state index contributed by atoms with van der Waals surface area (Å²) in [6.07, 6.45) is 2.23. The molecule has 1 amide bonds. The molecule has 1 aromatic heterocycles. The number of aromatic nitrogens is 2. The van der Waals surface area contributed by atoms with Gasteiger partial charge in [0.05, 0.1) is 17.2 Å². The van der Waals surface area contributed by atoms with E-state index < -0.39 is 0 Å². The summed E-state index contributed by atoms with van der Waals surface area (Å²) in [4.78, 5) is 28.5. The van der Waals surface area contributed by atoms with Gasteiger partial charge in [0.15, 0.2) is 0 Å². The zero-order chi connectivity index (χ0) is 19.2. The van der Waals surface area contributed by atoms with Gasteiger partial charge in [-0.15, -0.1) is 0 Å². The predicted molar refractivity (Wildman–Crippen MR) is 106 cm³/mol. The second-order valence-electron chi connectivity index (χ2n) is 6.15. The van der Waals surface area contributed by atoms with Crippen LogP contribution in [0.15, 0.2) is 53.6 Å². The summed E-state index contributed by atoms with van der Waals surface area (Å²) in [5.74, 6) is 1.06. The van der Waals surface area contributed by atoms with Crippen molar-refractivity contribution in [3.8, 4) is 0 Å². The number of fused-ring (bicyclic) bond motifs is 1. The standard InChI is InChI=1S/C20H20FN3O2S/c1-24-13-23-18-11-14(7-8-16(18)20(24)26)19(25)22-9-4-10-27-12-15-5-2-3-6-17(15)21/h2-3,5-8,11,13H,4,9-10,12H2,1H3,(H,22,25). The molecule has 0 saturated carbocycles. The normalized spacial score (nSPS) is 10.9. The molecule has 0 unspecified atom stereocenters. The Bertz CT molecular complexity index is 1020. The summed E-state index contributed by atoms with van der Waals surface area (Å²) in [5, 5.41) is 3.35. The van der Waals surface area contributed by atoms with E-state index in [4.69, 9.17) is 0 Å². The Kier molecular flexibility index (Phi) is 6.24. The topological polar surface area (TPSA) is 64.0 Å². The van der Waals surface area contributed by atoms with Crippen LogP contribution in [0.25, 0.3) is 10.9 Å². The molecule has 0 radical (unpaired) electrons. The first-order valence-corrected chi connectivity index (χ1v) is 9.76. The number of rotatable bonds is 7. The molecule has 0 aliphatic heterocycles. The number of carbonyl (C=O) groups is 1. The Hall–Kier alpha value is -2.67. The monoisotopic (exact) mass is 385 g/mol. The van der Waals surface area contributed by atoms with Gasteiger partial charge in [-0.2, -0.15) is 11.8 Å². The van der Waals surface area contributed by atoms with E-state index in [2.05, 4.69) is 10.3 Å². The van der Waals surface area contributed by atoms with E-state index in [1.807, 2.05) is 6.07 Å². The molecule has 5 nitrogen and oxygen atoms in total. The smallest absolute Gasteiger partial charge is 0.260 e. The maximum Gasteiger partial charge on any atom is 0.260 e. The number of thioether (sulfide) groups is 1. The van der Waals surface area contributed by atoms with Gasteiger partial charge in [-0.05, 0) is 42.0 Å². The highest BCUT2D eigenvalue weighted by Crippen LogP contribution is 2.16. The van der Waals surface area contributed by atoms with E-state index in [0.717, 1.165) is 12.2 Å². The highest BCUT2D eigenvalue weighted by atomic mass is 32.2. The van der Waals surface area contributed by atoms with Gasteiger partial charge in [0.2, 0.25) is 0 Å². The third-order valence-electron chi connectivity index (χ3n) is 4.15. The first-order valence-electron chi connectivity index (χ1n) is 8.61. The summed E-state index contributed by atoms with van der Waals surface area (Å²) in [6, 6.07) is 11.6. The third-order valence-corrected chi connectivity index (χ3v) is 5.24. The van der Waals surface area contributed by atoms with Crippen molar-refractivity contribution in [1.29, 1.82) is 0 Å². The number of halogens is 1. The number of amides is 1. The maximum absolute atomic E-state index is 13.5. The Labute approximate surface area is 160 Å². The van der Waals surface area contributed by atoms with E-state index in [-0.39, 0.29) is 17.3 Å². The van der Waals surface area contributed by atoms with Crippen molar-refractivity contribution in [2.45, 2.75) is 12.2 Å². The van der Waals surface area contributed by atoms with Gasteiger partial charge in [-0.25, -0.2) is 9.37 Å². The summed E-state index contributed by atoms with van der Waals surface area (Å²) in [5.41, 5.74) is 1.54. The largest absolute Gasteiger partial charge is 0.352 e. The highest BCUT2D eigenvalue weighted by molar-refractivity contribution is 7.98. The van der Waals surface area contributed by atoms with Crippen molar-refractivity contribution in [1.82, 2.24) is 14.9 Å². The number of nitrogens with zero attached hydrogens (tertiary/aromatic N) is 2. The molecule has 2 aromatic carbocycles. The molecule has 3 aromatic rings. The van der Waals surface area contributed by atoms with E-state index in [1.54, 1.807) is 49.1 Å². The van der Waals surface area contributed by atoms with Gasteiger partial charge in [0.1, 0.15) is 5.82 Å². The molecular weight excluding hydrogens is 365 g/mol. The lowest BCUT2D eigenvalue weighted by atomic mass is 10.1. The average molecular weight is 385 g/mol. The fraction of sp³-hybridized carbons (Fsp3) is 0.250. The summed E-state index contributed by atoms with van der Waals surface area (Å²) < 4.78 is 14.9. The Morgan fingerprint density at radius 3 is 2.89 bits per heavy atom. The number of hydrogen-bond acceptors (Lipinski definition) is 4. The first-order chi connectivity index (χ1) is 13.1. The molecule has 1 N–H and O–H groups in total. The molecule has 140 valence electrons. The Morgan fingerprint density at radius 1 is 1.26 bits per heavy atom. The van der Waals surface area contributed by atoms with E-state index >= 15 is 0 Å². The zero-order valence-electron chi connectivity index (χ0n) is 14.9. The lowest BCUT2D eigenvalue weighted by Crippen LogP contribution is -2.25. The predicted octanol–water partition coefficient (Wildman–Crippen LogP) is 3.13. The molecule has 0 saturated heterocycles. The summed E-state index contributed by atoms with van der Waals surface area (Å²) >= 11 is 1.63. The van der Waals surface area contributed by atoms with Gasteiger partial charge >= 0.3 is 0 Å². The maximum atomic E-state index is 13.5. The Morgan fingerprint density at radius 2 is 2.07 bits per heavy atom. The first kappa shape index (κ1) is 19.1. The van der Waals surface area contributed by atoms with Crippen LogP contribution in [0.2, 0.25) is 0 Å². The highest BCUT2D eigenvalue weighted by Gasteiger charge is 2.08. The van der Waals surface area contributed by atoms with Crippen LogP contribution in [0.1, 0.15) is 22.3 Å². The number of hydrogen-bond donors (Lipinski definition) is 1. The molecule has 7 heteroatoms. The molecule has 0 spiro atoms. The molecule has 0 atom stereocenters. The van der Waals surface area contributed by atoms with E-state index in [1.165, 1.54) is 17.0 Å². The minimum absolute atomic E-state index is 0.140. The van der Waals surface area contributed by atoms with Crippen LogP contribution >= 0.6 is 11.8 Å². The van der Waals surface area contributed by atoms with Crippen LogP contribution in [0.4, 0.5) is 4.39 Å². The van der Waals surface area contributed by atoms with E-state index in [9.17, 15) is 14.0 Å². The average Bonchev–Trinajstić information content (AvgIpc) is 2.68. The fourth-order valence-corrected chi connectivity index (χ4v) is 3.57. The number of benzene rings is 2.